The molecule has 2 aromatic rings. The first kappa shape index (κ1) is 11.4. The van der Waals surface area contributed by atoms with Gasteiger partial charge in [0.25, 0.3) is 0 Å². The van der Waals surface area contributed by atoms with Crippen LogP contribution < -0.4 is 11.5 Å². The molecule has 0 radical (unpaired) electrons. The zero-order chi connectivity index (χ0) is 12.4. The molecule has 0 spiro atoms. The fraction of sp³-hybridized carbons (Fsp3) is 0.231. The molecule has 0 atom stereocenters. The average molecular weight is 228 g/mol. The summed E-state index contributed by atoms with van der Waals surface area (Å²) >= 11 is 0. The molecular weight excluding hydrogens is 212 g/mol. The molecule has 17 heavy (non-hydrogen) atoms. The van der Waals surface area contributed by atoms with Crippen LogP contribution in [0.4, 0.5) is 11.6 Å². The Kier molecular flexibility index (Phi) is 2.95. The molecule has 0 saturated carbocycles. The van der Waals surface area contributed by atoms with Crippen LogP contribution in [-0.4, -0.2) is 10.2 Å². The van der Waals surface area contributed by atoms with Crippen molar-refractivity contribution in [3.8, 4) is 11.1 Å². The van der Waals surface area contributed by atoms with E-state index in [2.05, 4.69) is 36.2 Å². The molecule has 0 bridgehead atoms. The number of hydrogen-bond acceptors (Lipinski definition) is 4. The molecule has 0 unspecified atom stereocenters. The molecule has 2 rings (SSSR count). The monoisotopic (exact) mass is 228 g/mol. The van der Waals surface area contributed by atoms with Crippen LogP contribution in [0, 0.1) is 0 Å². The highest BCUT2D eigenvalue weighted by atomic mass is 15.2. The van der Waals surface area contributed by atoms with Gasteiger partial charge < -0.3 is 11.5 Å². The third-order valence-electron chi connectivity index (χ3n) is 2.73. The highest BCUT2D eigenvalue weighted by Crippen LogP contribution is 2.26. The number of aromatic nitrogens is 2. The van der Waals surface area contributed by atoms with Crippen LogP contribution in [0.1, 0.15) is 25.3 Å². The van der Waals surface area contributed by atoms with Crippen molar-refractivity contribution in [1.29, 1.82) is 0 Å². The normalized spacial score (nSPS) is 10.8. The van der Waals surface area contributed by atoms with Gasteiger partial charge >= 0.3 is 0 Å². The Hall–Kier alpha value is -2.10. The summed E-state index contributed by atoms with van der Waals surface area (Å²) in [5, 5.41) is 7.53. The summed E-state index contributed by atoms with van der Waals surface area (Å²) in [6.07, 6.45) is 0. The Bertz CT molecular complexity index is 517. The number of hydrogen-bond donors (Lipinski definition) is 2. The second-order valence-electron chi connectivity index (χ2n) is 4.34. The summed E-state index contributed by atoms with van der Waals surface area (Å²) in [7, 11) is 0. The number of anilines is 2. The zero-order valence-corrected chi connectivity index (χ0v) is 10.0. The van der Waals surface area contributed by atoms with Gasteiger partial charge in [0.15, 0.2) is 5.82 Å². The van der Waals surface area contributed by atoms with Gasteiger partial charge in [0, 0.05) is 5.56 Å². The van der Waals surface area contributed by atoms with Crippen LogP contribution in [-0.2, 0) is 0 Å². The van der Waals surface area contributed by atoms with E-state index in [1.807, 2.05) is 12.1 Å². The second kappa shape index (κ2) is 4.41. The van der Waals surface area contributed by atoms with Gasteiger partial charge in [-0.2, -0.15) is 0 Å². The Labute approximate surface area is 101 Å². The van der Waals surface area contributed by atoms with E-state index < -0.39 is 0 Å². The minimum atomic E-state index is 0.377. The maximum absolute atomic E-state index is 5.79. The number of nitrogens with two attached hydrogens (primary N) is 2. The quantitative estimate of drug-likeness (QED) is 0.827. The van der Waals surface area contributed by atoms with E-state index in [0.29, 0.717) is 17.6 Å². The van der Waals surface area contributed by atoms with E-state index in [4.69, 9.17) is 11.5 Å². The summed E-state index contributed by atoms with van der Waals surface area (Å²) in [6, 6.07) is 9.99. The van der Waals surface area contributed by atoms with Crippen LogP contribution >= 0.6 is 0 Å². The molecule has 0 saturated heterocycles. The molecule has 1 aromatic heterocycles. The van der Waals surface area contributed by atoms with Crippen molar-refractivity contribution < 1.29 is 0 Å². The van der Waals surface area contributed by atoms with E-state index in [9.17, 15) is 0 Å². The topological polar surface area (TPSA) is 77.8 Å². The molecule has 88 valence electrons. The lowest BCUT2D eigenvalue weighted by molar-refractivity contribution is 0.867. The number of benzene rings is 1. The SMILES string of the molecule is CC(C)c1ccc(-c2cc(N)nnc2N)cc1. The second-order valence-corrected chi connectivity index (χ2v) is 4.34. The van der Waals surface area contributed by atoms with Gasteiger partial charge in [-0.1, -0.05) is 38.1 Å². The third kappa shape index (κ3) is 2.36. The van der Waals surface area contributed by atoms with Gasteiger partial charge in [-0.15, -0.1) is 10.2 Å². The van der Waals surface area contributed by atoms with Crippen molar-refractivity contribution in [3.63, 3.8) is 0 Å². The molecule has 4 nitrogen and oxygen atoms in total. The maximum atomic E-state index is 5.79. The van der Waals surface area contributed by atoms with Crippen LogP contribution in [0.2, 0.25) is 0 Å². The first-order valence-electron chi connectivity index (χ1n) is 5.57. The predicted molar refractivity (Wildman–Crippen MR) is 70.4 cm³/mol. The number of nitrogen functional groups attached to an aromatic ring is 2. The smallest absolute Gasteiger partial charge is 0.154 e. The van der Waals surface area contributed by atoms with Crippen molar-refractivity contribution >= 4 is 11.6 Å². The highest BCUT2D eigenvalue weighted by Gasteiger charge is 2.06. The van der Waals surface area contributed by atoms with Crippen molar-refractivity contribution in [1.82, 2.24) is 10.2 Å². The van der Waals surface area contributed by atoms with Crippen molar-refractivity contribution in [3.05, 3.63) is 35.9 Å². The van der Waals surface area contributed by atoms with Gasteiger partial charge in [0.1, 0.15) is 5.82 Å². The lowest BCUT2D eigenvalue weighted by Gasteiger charge is -2.08. The standard InChI is InChI=1S/C13H16N4/c1-8(2)9-3-5-10(6-4-9)11-7-12(14)16-17-13(11)15/h3-8H,1-2H3,(H2,14,16)(H2,15,17). The number of nitrogens with zero attached hydrogens (tertiary/aromatic N) is 2. The third-order valence-corrected chi connectivity index (χ3v) is 2.73. The van der Waals surface area contributed by atoms with Crippen molar-refractivity contribution in [2.75, 3.05) is 11.5 Å². The molecular formula is C13H16N4. The number of rotatable bonds is 2. The molecule has 0 fully saturated rings. The molecule has 0 amide bonds. The largest absolute Gasteiger partial charge is 0.382 e. The van der Waals surface area contributed by atoms with Crippen molar-refractivity contribution in [2.45, 2.75) is 19.8 Å². The van der Waals surface area contributed by atoms with Gasteiger partial charge in [0.05, 0.1) is 0 Å². The van der Waals surface area contributed by atoms with Gasteiger partial charge in [-0.25, -0.2) is 0 Å². The lowest BCUT2D eigenvalue weighted by atomic mass is 9.99. The summed E-state index contributed by atoms with van der Waals surface area (Å²) < 4.78 is 0. The summed E-state index contributed by atoms with van der Waals surface area (Å²) in [5.74, 6) is 1.29. The molecule has 0 aliphatic carbocycles. The van der Waals surface area contributed by atoms with Crippen LogP contribution in [0.15, 0.2) is 30.3 Å². The van der Waals surface area contributed by atoms with Gasteiger partial charge in [-0.3, -0.25) is 0 Å². The van der Waals surface area contributed by atoms with Crippen LogP contribution in [0.5, 0.6) is 0 Å². The Balaban J connectivity index is 2.43. The van der Waals surface area contributed by atoms with E-state index in [1.54, 1.807) is 6.07 Å². The summed E-state index contributed by atoms with van der Waals surface area (Å²) in [4.78, 5) is 0. The van der Waals surface area contributed by atoms with E-state index >= 15 is 0 Å². The molecule has 1 aromatic carbocycles. The Morgan fingerprint density at radius 3 is 2.24 bits per heavy atom. The minimum Gasteiger partial charge on any atom is -0.382 e. The van der Waals surface area contributed by atoms with Gasteiger partial charge in [-0.05, 0) is 23.1 Å². The van der Waals surface area contributed by atoms with Crippen molar-refractivity contribution in [2.24, 2.45) is 0 Å². The maximum Gasteiger partial charge on any atom is 0.154 e. The van der Waals surface area contributed by atoms with E-state index in [1.165, 1.54) is 5.56 Å². The van der Waals surface area contributed by atoms with Gasteiger partial charge in [0.2, 0.25) is 0 Å². The summed E-state index contributed by atoms with van der Waals surface area (Å²) in [6.45, 7) is 4.32. The fourth-order valence-corrected chi connectivity index (χ4v) is 1.69. The zero-order valence-electron chi connectivity index (χ0n) is 10.0. The molecule has 0 aliphatic rings. The molecule has 4 N–H and O–H groups in total. The minimum absolute atomic E-state index is 0.377. The fourth-order valence-electron chi connectivity index (χ4n) is 1.69. The summed E-state index contributed by atoms with van der Waals surface area (Å²) in [5.41, 5.74) is 14.5. The average Bonchev–Trinajstić information content (AvgIpc) is 2.32. The molecule has 4 heteroatoms. The van der Waals surface area contributed by atoms with Crippen LogP contribution in [0.3, 0.4) is 0 Å². The highest BCUT2D eigenvalue weighted by molar-refractivity contribution is 5.75. The Morgan fingerprint density at radius 2 is 1.65 bits per heavy atom. The molecule has 0 aliphatic heterocycles. The van der Waals surface area contributed by atoms with E-state index in [0.717, 1.165) is 11.1 Å². The Morgan fingerprint density at radius 1 is 1.00 bits per heavy atom. The molecule has 1 heterocycles. The lowest BCUT2D eigenvalue weighted by Crippen LogP contribution is -2.00. The van der Waals surface area contributed by atoms with E-state index in [-0.39, 0.29) is 0 Å². The first-order chi connectivity index (χ1) is 8.08. The predicted octanol–water partition coefficient (Wildman–Crippen LogP) is 2.43. The van der Waals surface area contributed by atoms with Crippen LogP contribution in [0.25, 0.3) is 11.1 Å². The first-order valence-corrected chi connectivity index (χ1v) is 5.57.